The zero-order chi connectivity index (χ0) is 14.8. The molecule has 2 atom stereocenters. The molecule has 0 aromatic heterocycles. The molecular formula is C15H22N2O2S. The number of hydrogen-bond acceptors (Lipinski definition) is 3. The minimum atomic E-state index is -0.908. The second-order valence-electron chi connectivity index (χ2n) is 5.77. The molecule has 5 heteroatoms. The van der Waals surface area contributed by atoms with Crippen LogP contribution in [0.4, 0.5) is 0 Å². The van der Waals surface area contributed by atoms with Crippen molar-refractivity contribution >= 4 is 16.7 Å². The Labute approximate surface area is 122 Å². The van der Waals surface area contributed by atoms with E-state index in [0.29, 0.717) is 23.8 Å². The lowest BCUT2D eigenvalue weighted by Gasteiger charge is -2.29. The van der Waals surface area contributed by atoms with Crippen LogP contribution in [-0.4, -0.2) is 28.5 Å². The largest absolute Gasteiger partial charge is 0.345 e. The van der Waals surface area contributed by atoms with Gasteiger partial charge >= 0.3 is 0 Å². The second-order valence-corrected chi connectivity index (χ2v) is 7.20. The second kappa shape index (κ2) is 6.06. The van der Waals surface area contributed by atoms with E-state index in [0.717, 1.165) is 18.4 Å². The van der Waals surface area contributed by atoms with E-state index >= 15 is 0 Å². The van der Waals surface area contributed by atoms with Crippen molar-refractivity contribution in [1.82, 2.24) is 5.32 Å². The van der Waals surface area contributed by atoms with Gasteiger partial charge < -0.3 is 11.1 Å². The molecule has 0 spiro atoms. The van der Waals surface area contributed by atoms with Gasteiger partial charge in [-0.2, -0.15) is 0 Å². The number of carbonyl (C=O) groups excluding carboxylic acids is 1. The van der Waals surface area contributed by atoms with Crippen LogP contribution in [0.25, 0.3) is 0 Å². The van der Waals surface area contributed by atoms with Crippen LogP contribution in [-0.2, 0) is 16.6 Å². The van der Waals surface area contributed by atoms with Crippen LogP contribution in [0, 0.1) is 5.92 Å². The summed E-state index contributed by atoms with van der Waals surface area (Å²) >= 11 is 0. The van der Waals surface area contributed by atoms with Crippen molar-refractivity contribution in [2.24, 2.45) is 11.7 Å². The summed E-state index contributed by atoms with van der Waals surface area (Å²) in [7, 11) is -0.908. The van der Waals surface area contributed by atoms with Crippen molar-refractivity contribution in [2.75, 3.05) is 12.8 Å². The molecule has 0 aliphatic heterocycles. The molecule has 2 rings (SSSR count). The minimum absolute atomic E-state index is 0.103. The molecule has 1 aromatic carbocycles. The Morgan fingerprint density at radius 1 is 1.50 bits per heavy atom. The standard InChI is InChI=1S/C15H22N2O2S/c1-15(10-16,13-6-7-13)17-14(18)12-5-3-4-11(8-12)9-20(2)19/h3-5,8,13H,6-7,9-10,16H2,1-2H3,(H,17,18). The SMILES string of the molecule is CS(=O)Cc1cccc(C(=O)NC(C)(CN)C2CC2)c1. The summed E-state index contributed by atoms with van der Waals surface area (Å²) in [4.78, 5) is 12.3. The molecule has 1 fully saturated rings. The molecule has 1 saturated carbocycles. The maximum atomic E-state index is 12.3. The predicted octanol–water partition coefficient (Wildman–Crippen LogP) is 1.42. The van der Waals surface area contributed by atoms with E-state index in [9.17, 15) is 9.00 Å². The summed E-state index contributed by atoms with van der Waals surface area (Å²) in [5.74, 6) is 0.856. The van der Waals surface area contributed by atoms with Gasteiger partial charge in [0.25, 0.3) is 5.91 Å². The zero-order valence-corrected chi connectivity index (χ0v) is 12.8. The van der Waals surface area contributed by atoms with Crippen molar-refractivity contribution in [1.29, 1.82) is 0 Å². The Bertz CT molecular complexity index is 528. The van der Waals surface area contributed by atoms with Gasteiger partial charge in [0, 0.05) is 34.9 Å². The molecule has 0 saturated heterocycles. The van der Waals surface area contributed by atoms with Gasteiger partial charge in [-0.05, 0) is 43.4 Å². The zero-order valence-electron chi connectivity index (χ0n) is 12.0. The van der Waals surface area contributed by atoms with Crippen LogP contribution in [0.5, 0.6) is 0 Å². The van der Waals surface area contributed by atoms with E-state index < -0.39 is 10.8 Å². The lowest BCUT2D eigenvalue weighted by Crippen LogP contribution is -2.53. The topological polar surface area (TPSA) is 72.2 Å². The fraction of sp³-hybridized carbons (Fsp3) is 0.533. The average molecular weight is 294 g/mol. The highest BCUT2D eigenvalue weighted by molar-refractivity contribution is 7.83. The van der Waals surface area contributed by atoms with Gasteiger partial charge in [0.05, 0.1) is 5.54 Å². The van der Waals surface area contributed by atoms with E-state index in [2.05, 4.69) is 5.32 Å². The fourth-order valence-electron chi connectivity index (χ4n) is 2.41. The van der Waals surface area contributed by atoms with E-state index in [1.54, 1.807) is 18.4 Å². The highest BCUT2D eigenvalue weighted by Crippen LogP contribution is 2.39. The molecule has 2 unspecified atom stereocenters. The molecule has 1 amide bonds. The lowest BCUT2D eigenvalue weighted by molar-refractivity contribution is 0.0897. The van der Waals surface area contributed by atoms with Gasteiger partial charge in [0.2, 0.25) is 0 Å². The monoisotopic (exact) mass is 294 g/mol. The Kier molecular flexibility index (Phi) is 4.60. The Balaban J connectivity index is 2.10. The van der Waals surface area contributed by atoms with Crippen LogP contribution in [0.1, 0.15) is 35.7 Å². The van der Waals surface area contributed by atoms with Gasteiger partial charge in [0.1, 0.15) is 0 Å². The Morgan fingerprint density at radius 3 is 2.75 bits per heavy atom. The predicted molar refractivity (Wildman–Crippen MR) is 81.9 cm³/mol. The molecule has 1 aliphatic rings. The lowest BCUT2D eigenvalue weighted by atomic mass is 9.95. The summed E-state index contributed by atoms with van der Waals surface area (Å²) < 4.78 is 11.3. The number of hydrogen-bond donors (Lipinski definition) is 2. The van der Waals surface area contributed by atoms with Crippen LogP contribution >= 0.6 is 0 Å². The van der Waals surface area contributed by atoms with Gasteiger partial charge in [-0.15, -0.1) is 0 Å². The van der Waals surface area contributed by atoms with Crippen molar-refractivity contribution in [3.05, 3.63) is 35.4 Å². The highest BCUT2D eigenvalue weighted by Gasteiger charge is 2.41. The van der Waals surface area contributed by atoms with Crippen molar-refractivity contribution in [2.45, 2.75) is 31.1 Å². The quantitative estimate of drug-likeness (QED) is 0.833. The molecular weight excluding hydrogens is 272 g/mol. The average Bonchev–Trinajstić information content (AvgIpc) is 3.22. The molecule has 0 heterocycles. The van der Waals surface area contributed by atoms with Gasteiger partial charge in [0.15, 0.2) is 0 Å². The summed E-state index contributed by atoms with van der Waals surface area (Å²) in [5.41, 5.74) is 7.02. The van der Waals surface area contributed by atoms with Gasteiger partial charge in [-0.25, -0.2) is 0 Å². The maximum Gasteiger partial charge on any atom is 0.251 e. The third-order valence-corrected chi connectivity index (χ3v) is 4.60. The van der Waals surface area contributed by atoms with Crippen molar-refractivity contribution in [3.63, 3.8) is 0 Å². The smallest absolute Gasteiger partial charge is 0.251 e. The van der Waals surface area contributed by atoms with Crippen LogP contribution in [0.15, 0.2) is 24.3 Å². The number of amides is 1. The van der Waals surface area contributed by atoms with E-state index in [1.165, 1.54) is 0 Å². The Hall–Kier alpha value is -1.20. The van der Waals surface area contributed by atoms with E-state index in [1.807, 2.05) is 19.1 Å². The molecule has 4 nitrogen and oxygen atoms in total. The van der Waals surface area contributed by atoms with Crippen LogP contribution in [0.3, 0.4) is 0 Å². The normalized spacial score (nSPS) is 19.1. The summed E-state index contributed by atoms with van der Waals surface area (Å²) in [5, 5.41) is 3.06. The number of benzene rings is 1. The molecule has 0 bridgehead atoms. The Morgan fingerprint density at radius 2 is 2.20 bits per heavy atom. The first kappa shape index (κ1) is 15.2. The van der Waals surface area contributed by atoms with Crippen LogP contribution in [0.2, 0.25) is 0 Å². The molecule has 110 valence electrons. The number of nitrogens with two attached hydrogens (primary N) is 1. The minimum Gasteiger partial charge on any atom is -0.345 e. The molecule has 0 radical (unpaired) electrons. The van der Waals surface area contributed by atoms with Crippen molar-refractivity contribution in [3.8, 4) is 0 Å². The van der Waals surface area contributed by atoms with Crippen molar-refractivity contribution < 1.29 is 9.00 Å². The first-order chi connectivity index (χ1) is 9.44. The summed E-state index contributed by atoms with van der Waals surface area (Å²) in [6, 6.07) is 7.30. The number of nitrogens with one attached hydrogen (secondary N) is 1. The molecule has 1 aliphatic carbocycles. The third kappa shape index (κ3) is 3.67. The fourth-order valence-corrected chi connectivity index (χ4v) is 3.06. The summed E-state index contributed by atoms with van der Waals surface area (Å²) in [6.45, 7) is 2.45. The van der Waals surface area contributed by atoms with E-state index in [4.69, 9.17) is 5.73 Å². The highest BCUT2D eigenvalue weighted by atomic mass is 32.2. The van der Waals surface area contributed by atoms with E-state index in [-0.39, 0.29) is 11.4 Å². The maximum absolute atomic E-state index is 12.3. The van der Waals surface area contributed by atoms with Gasteiger partial charge in [-0.1, -0.05) is 12.1 Å². The van der Waals surface area contributed by atoms with Crippen LogP contribution < -0.4 is 11.1 Å². The summed E-state index contributed by atoms with van der Waals surface area (Å²) in [6.07, 6.45) is 3.91. The first-order valence-electron chi connectivity index (χ1n) is 6.86. The molecule has 20 heavy (non-hydrogen) atoms. The molecule has 1 aromatic rings. The third-order valence-electron chi connectivity index (χ3n) is 3.86. The molecule has 3 N–H and O–H groups in total. The first-order valence-corrected chi connectivity index (χ1v) is 8.59. The van der Waals surface area contributed by atoms with Gasteiger partial charge in [-0.3, -0.25) is 9.00 Å². The number of carbonyl (C=O) groups is 1. The number of rotatable bonds is 6.